The van der Waals surface area contributed by atoms with Crippen LogP contribution in [0.25, 0.3) is 0 Å². The van der Waals surface area contributed by atoms with Crippen molar-refractivity contribution in [1.29, 1.82) is 0 Å². The van der Waals surface area contributed by atoms with Crippen molar-refractivity contribution in [3.05, 3.63) is 0 Å². The second-order valence-electron chi connectivity index (χ2n) is 4.74. The molecular formula is C10H16O. The molecule has 1 N–H and O–H groups in total. The van der Waals surface area contributed by atoms with Gasteiger partial charge in [-0.2, -0.15) is 0 Å². The lowest BCUT2D eigenvalue weighted by Gasteiger charge is -2.04. The fourth-order valence-corrected chi connectivity index (χ4v) is 3.25. The lowest BCUT2D eigenvalue weighted by atomic mass is 10.0. The summed E-state index contributed by atoms with van der Waals surface area (Å²) in [5.74, 6) is 2.62. The molecule has 11 heavy (non-hydrogen) atoms. The van der Waals surface area contributed by atoms with Crippen LogP contribution in [0.3, 0.4) is 0 Å². The van der Waals surface area contributed by atoms with Crippen molar-refractivity contribution in [3.63, 3.8) is 0 Å². The van der Waals surface area contributed by atoms with Crippen LogP contribution in [-0.4, -0.2) is 10.7 Å². The van der Waals surface area contributed by atoms with Crippen molar-refractivity contribution < 1.29 is 5.11 Å². The number of hydrogen-bond acceptors (Lipinski definition) is 1. The van der Waals surface area contributed by atoms with Crippen LogP contribution in [0.1, 0.15) is 38.5 Å². The van der Waals surface area contributed by atoms with Crippen LogP contribution in [0, 0.1) is 17.8 Å². The third-order valence-electron chi connectivity index (χ3n) is 4.04. The SMILES string of the molecule is OC1(C2C3CCCCC32)CC1. The minimum Gasteiger partial charge on any atom is -0.390 e. The quantitative estimate of drug-likeness (QED) is 0.609. The predicted octanol–water partition coefficient (Wildman–Crippen LogP) is 1.95. The van der Waals surface area contributed by atoms with E-state index in [4.69, 9.17) is 0 Å². The van der Waals surface area contributed by atoms with E-state index >= 15 is 0 Å². The largest absolute Gasteiger partial charge is 0.390 e. The van der Waals surface area contributed by atoms with Crippen molar-refractivity contribution in [2.75, 3.05) is 0 Å². The maximum atomic E-state index is 9.90. The van der Waals surface area contributed by atoms with Gasteiger partial charge in [-0.05, 0) is 43.4 Å². The monoisotopic (exact) mass is 152 g/mol. The summed E-state index contributed by atoms with van der Waals surface area (Å²) >= 11 is 0. The summed E-state index contributed by atoms with van der Waals surface area (Å²) in [5.41, 5.74) is -0.153. The first-order valence-corrected chi connectivity index (χ1v) is 5.04. The highest BCUT2D eigenvalue weighted by molar-refractivity contribution is 5.14. The van der Waals surface area contributed by atoms with E-state index < -0.39 is 0 Å². The lowest BCUT2D eigenvalue weighted by molar-refractivity contribution is 0.115. The van der Waals surface area contributed by atoms with Crippen LogP contribution in [0.2, 0.25) is 0 Å². The summed E-state index contributed by atoms with van der Waals surface area (Å²) in [6.45, 7) is 0. The van der Waals surface area contributed by atoms with Gasteiger partial charge in [0.15, 0.2) is 0 Å². The molecule has 1 nitrogen and oxygen atoms in total. The Kier molecular flexibility index (Phi) is 1.07. The smallest absolute Gasteiger partial charge is 0.0683 e. The topological polar surface area (TPSA) is 20.2 Å². The zero-order chi connectivity index (χ0) is 7.47. The van der Waals surface area contributed by atoms with E-state index in [2.05, 4.69) is 0 Å². The molecule has 0 aromatic rings. The van der Waals surface area contributed by atoms with Crippen molar-refractivity contribution in [3.8, 4) is 0 Å². The van der Waals surface area contributed by atoms with E-state index in [1.807, 2.05) is 0 Å². The normalized spacial score (nSPS) is 51.5. The summed E-state index contributed by atoms with van der Waals surface area (Å²) < 4.78 is 0. The fraction of sp³-hybridized carbons (Fsp3) is 1.00. The van der Waals surface area contributed by atoms with Crippen LogP contribution >= 0.6 is 0 Å². The zero-order valence-electron chi connectivity index (χ0n) is 6.92. The summed E-state index contributed by atoms with van der Waals surface area (Å²) in [4.78, 5) is 0. The van der Waals surface area contributed by atoms with Gasteiger partial charge in [0.2, 0.25) is 0 Å². The van der Waals surface area contributed by atoms with Gasteiger partial charge in [-0.15, -0.1) is 0 Å². The highest BCUT2D eigenvalue weighted by atomic mass is 16.3. The molecule has 0 bridgehead atoms. The van der Waals surface area contributed by atoms with Gasteiger partial charge in [-0.25, -0.2) is 0 Å². The lowest BCUT2D eigenvalue weighted by Crippen LogP contribution is -2.11. The minimum absolute atomic E-state index is 0.153. The Labute approximate surface area is 67.8 Å². The number of rotatable bonds is 1. The van der Waals surface area contributed by atoms with Crippen LogP contribution in [-0.2, 0) is 0 Å². The molecule has 0 saturated heterocycles. The van der Waals surface area contributed by atoms with Crippen molar-refractivity contribution in [1.82, 2.24) is 0 Å². The average Bonchev–Trinajstić information content (AvgIpc) is 2.84. The molecule has 2 unspecified atom stereocenters. The van der Waals surface area contributed by atoms with Gasteiger partial charge >= 0.3 is 0 Å². The Bertz CT molecular complexity index is 171. The van der Waals surface area contributed by atoms with E-state index in [1.54, 1.807) is 0 Å². The molecule has 0 amide bonds. The van der Waals surface area contributed by atoms with Gasteiger partial charge in [-0.1, -0.05) is 12.8 Å². The first-order valence-electron chi connectivity index (χ1n) is 5.04. The fourth-order valence-electron chi connectivity index (χ4n) is 3.25. The second kappa shape index (κ2) is 1.82. The van der Waals surface area contributed by atoms with Crippen LogP contribution in [0.15, 0.2) is 0 Å². The molecule has 62 valence electrons. The van der Waals surface area contributed by atoms with Gasteiger partial charge in [0.25, 0.3) is 0 Å². The first kappa shape index (κ1) is 6.47. The highest BCUT2D eigenvalue weighted by Crippen LogP contribution is 2.66. The zero-order valence-corrected chi connectivity index (χ0v) is 6.92. The van der Waals surface area contributed by atoms with Crippen molar-refractivity contribution in [2.24, 2.45) is 17.8 Å². The Hall–Kier alpha value is -0.0400. The highest BCUT2D eigenvalue weighted by Gasteiger charge is 2.64. The number of aliphatic hydroxyl groups is 1. The Balaban J connectivity index is 1.74. The molecule has 1 heteroatoms. The molecule has 0 aromatic carbocycles. The minimum atomic E-state index is -0.153. The molecule has 3 rings (SSSR count). The summed E-state index contributed by atoms with van der Waals surface area (Å²) in [6, 6.07) is 0. The van der Waals surface area contributed by atoms with E-state index in [-0.39, 0.29) is 5.60 Å². The first-order chi connectivity index (χ1) is 5.31. The van der Waals surface area contributed by atoms with E-state index in [9.17, 15) is 5.11 Å². The molecule has 0 heterocycles. The molecule has 3 saturated carbocycles. The van der Waals surface area contributed by atoms with Gasteiger partial charge in [0, 0.05) is 0 Å². The maximum absolute atomic E-state index is 9.90. The van der Waals surface area contributed by atoms with Gasteiger partial charge in [0.05, 0.1) is 5.60 Å². The molecular weight excluding hydrogens is 136 g/mol. The predicted molar refractivity (Wildman–Crippen MR) is 43.1 cm³/mol. The maximum Gasteiger partial charge on any atom is 0.0683 e. The van der Waals surface area contributed by atoms with Gasteiger partial charge < -0.3 is 5.11 Å². The second-order valence-corrected chi connectivity index (χ2v) is 4.74. The van der Waals surface area contributed by atoms with Gasteiger partial charge in [-0.3, -0.25) is 0 Å². The third-order valence-corrected chi connectivity index (χ3v) is 4.04. The third kappa shape index (κ3) is 0.807. The Morgan fingerprint density at radius 3 is 2.00 bits per heavy atom. The molecule has 0 aliphatic heterocycles. The number of hydrogen-bond donors (Lipinski definition) is 1. The van der Waals surface area contributed by atoms with Crippen molar-refractivity contribution >= 4 is 0 Å². The molecule has 3 aliphatic carbocycles. The molecule has 0 spiro atoms. The summed E-state index contributed by atoms with van der Waals surface area (Å²) in [7, 11) is 0. The number of fused-ring (bicyclic) bond motifs is 1. The molecule has 0 aromatic heterocycles. The molecule has 3 fully saturated rings. The van der Waals surface area contributed by atoms with E-state index in [0.717, 1.165) is 30.6 Å². The molecule has 3 aliphatic rings. The summed E-state index contributed by atoms with van der Waals surface area (Å²) in [5, 5.41) is 9.90. The Morgan fingerprint density at radius 1 is 1.00 bits per heavy atom. The summed E-state index contributed by atoms with van der Waals surface area (Å²) in [6.07, 6.45) is 7.88. The molecule has 2 atom stereocenters. The van der Waals surface area contributed by atoms with E-state index in [1.165, 1.54) is 25.7 Å². The Morgan fingerprint density at radius 2 is 1.55 bits per heavy atom. The van der Waals surface area contributed by atoms with Gasteiger partial charge in [0.1, 0.15) is 0 Å². The van der Waals surface area contributed by atoms with Crippen LogP contribution in [0.5, 0.6) is 0 Å². The van der Waals surface area contributed by atoms with Crippen LogP contribution < -0.4 is 0 Å². The van der Waals surface area contributed by atoms with Crippen LogP contribution in [0.4, 0.5) is 0 Å². The average molecular weight is 152 g/mol. The standard InChI is InChI=1S/C10H16O/c11-10(5-6-10)9-7-3-1-2-4-8(7)9/h7-9,11H,1-6H2. The van der Waals surface area contributed by atoms with Crippen molar-refractivity contribution in [2.45, 2.75) is 44.1 Å². The molecule has 0 radical (unpaired) electrons. The van der Waals surface area contributed by atoms with E-state index in [0.29, 0.717) is 0 Å².